The molecule has 0 fully saturated rings. The Kier molecular flexibility index (Phi) is 5.42. The maximum Gasteiger partial charge on any atom is 0.137 e. The fraction of sp³-hybridized carbons (Fsp3) is 0.0588. The van der Waals surface area contributed by atoms with Crippen LogP contribution in [0.4, 0.5) is 17.1 Å². The van der Waals surface area contributed by atoms with E-state index < -0.39 is 0 Å². The highest BCUT2D eigenvalue weighted by Crippen LogP contribution is 2.51. The minimum Gasteiger partial charge on any atom is -0.456 e. The zero-order valence-corrected chi connectivity index (χ0v) is 30.3. The van der Waals surface area contributed by atoms with Crippen molar-refractivity contribution in [3.8, 4) is 11.1 Å². The molecular weight excluding hydrogens is 671 g/mol. The lowest BCUT2D eigenvalue weighted by Gasteiger charge is -2.27. The summed E-state index contributed by atoms with van der Waals surface area (Å²) in [6.45, 7) is 4.69. The third-order valence-corrected chi connectivity index (χ3v) is 12.6. The van der Waals surface area contributed by atoms with Crippen LogP contribution < -0.4 is 4.90 Å². The Labute approximate surface area is 316 Å². The molecule has 0 saturated carbocycles. The first-order valence-corrected chi connectivity index (χ1v) is 19.1. The SMILES string of the molecule is CC1(C)c2ccccc2-c2cc(N(c3ccc4c(c3)oc3ccccc34)c3ccc4c(c3)n3c5ccccc5c5ccc6c7ccccc7n4c6c53)ccc21. The van der Waals surface area contributed by atoms with Crippen LogP contribution in [0.2, 0.25) is 0 Å². The van der Waals surface area contributed by atoms with Gasteiger partial charge < -0.3 is 18.1 Å². The quantitative estimate of drug-likeness (QED) is 0.171. The van der Waals surface area contributed by atoms with Gasteiger partial charge in [-0.3, -0.25) is 0 Å². The summed E-state index contributed by atoms with van der Waals surface area (Å²) in [6.07, 6.45) is 0. The van der Waals surface area contributed by atoms with E-state index in [4.69, 9.17) is 4.42 Å². The first-order chi connectivity index (χ1) is 27.0. The van der Waals surface area contributed by atoms with Crippen LogP contribution in [0.1, 0.15) is 25.0 Å². The lowest BCUT2D eigenvalue weighted by atomic mass is 9.82. The van der Waals surface area contributed by atoms with Crippen LogP contribution >= 0.6 is 0 Å². The van der Waals surface area contributed by atoms with E-state index in [-0.39, 0.29) is 5.41 Å². The van der Waals surface area contributed by atoms with Crippen LogP contribution in [0.5, 0.6) is 0 Å². The molecule has 0 N–H and O–H groups in total. The van der Waals surface area contributed by atoms with Crippen molar-refractivity contribution >= 4 is 93.6 Å². The van der Waals surface area contributed by atoms with Crippen molar-refractivity contribution in [3.63, 3.8) is 0 Å². The Morgan fingerprint density at radius 1 is 0.400 bits per heavy atom. The summed E-state index contributed by atoms with van der Waals surface area (Å²) in [6, 6.07) is 60.2. The molecule has 0 unspecified atom stereocenters. The van der Waals surface area contributed by atoms with E-state index in [9.17, 15) is 0 Å². The molecule has 1 aliphatic carbocycles. The van der Waals surface area contributed by atoms with Gasteiger partial charge in [-0.25, -0.2) is 0 Å². The molecule has 0 saturated heterocycles. The maximum absolute atomic E-state index is 6.50. The zero-order valence-electron chi connectivity index (χ0n) is 30.3. The molecule has 8 aromatic carbocycles. The van der Waals surface area contributed by atoms with Crippen molar-refractivity contribution in [1.29, 1.82) is 0 Å². The monoisotopic (exact) mass is 703 g/mol. The number of benzene rings is 8. The van der Waals surface area contributed by atoms with Gasteiger partial charge in [-0.05, 0) is 82.9 Å². The molecule has 0 amide bonds. The van der Waals surface area contributed by atoms with Gasteiger partial charge in [0.2, 0.25) is 0 Å². The first-order valence-electron chi connectivity index (χ1n) is 19.1. The number of rotatable bonds is 3. The Hall–Kier alpha value is -7.04. The summed E-state index contributed by atoms with van der Waals surface area (Å²) >= 11 is 0. The maximum atomic E-state index is 6.50. The van der Waals surface area contributed by atoms with E-state index in [1.165, 1.54) is 71.4 Å². The molecule has 4 heterocycles. The van der Waals surface area contributed by atoms with Crippen molar-refractivity contribution in [2.75, 3.05) is 4.90 Å². The second kappa shape index (κ2) is 10.1. The van der Waals surface area contributed by atoms with Crippen molar-refractivity contribution in [2.45, 2.75) is 19.3 Å². The minimum absolute atomic E-state index is 0.0760. The summed E-state index contributed by atoms with van der Waals surface area (Å²) in [4.78, 5) is 2.41. The van der Waals surface area contributed by atoms with Gasteiger partial charge in [0.1, 0.15) is 11.2 Å². The van der Waals surface area contributed by atoms with Crippen molar-refractivity contribution in [2.24, 2.45) is 0 Å². The van der Waals surface area contributed by atoms with E-state index in [0.29, 0.717) is 0 Å². The van der Waals surface area contributed by atoms with Crippen molar-refractivity contribution < 1.29 is 4.42 Å². The Balaban J connectivity index is 1.14. The number of hydrogen-bond donors (Lipinski definition) is 0. The van der Waals surface area contributed by atoms with Gasteiger partial charge in [0, 0.05) is 60.9 Å². The van der Waals surface area contributed by atoms with Crippen molar-refractivity contribution in [3.05, 3.63) is 175 Å². The molecule has 55 heavy (non-hydrogen) atoms. The van der Waals surface area contributed by atoms with Crippen LogP contribution in [0.3, 0.4) is 0 Å². The Morgan fingerprint density at radius 3 is 1.73 bits per heavy atom. The van der Waals surface area contributed by atoms with E-state index in [2.05, 4.69) is 185 Å². The van der Waals surface area contributed by atoms with Crippen LogP contribution in [-0.2, 0) is 5.41 Å². The number of aromatic nitrogens is 2. The highest BCUT2D eigenvalue weighted by atomic mass is 16.3. The average Bonchev–Trinajstić information content (AvgIpc) is 3.93. The van der Waals surface area contributed by atoms with Crippen LogP contribution in [0.15, 0.2) is 168 Å². The topological polar surface area (TPSA) is 25.2 Å². The lowest BCUT2D eigenvalue weighted by molar-refractivity contribution is 0.660. The smallest absolute Gasteiger partial charge is 0.137 e. The highest BCUT2D eigenvalue weighted by Gasteiger charge is 2.35. The van der Waals surface area contributed by atoms with E-state index >= 15 is 0 Å². The summed E-state index contributed by atoms with van der Waals surface area (Å²) in [5.74, 6) is 0. The average molecular weight is 704 g/mol. The molecule has 0 spiro atoms. The second-order valence-electron chi connectivity index (χ2n) is 15.8. The second-order valence-corrected chi connectivity index (χ2v) is 15.8. The van der Waals surface area contributed by atoms with Crippen LogP contribution in [0.25, 0.3) is 87.7 Å². The summed E-state index contributed by atoms with van der Waals surface area (Å²) in [7, 11) is 0. The molecule has 12 aromatic rings. The molecule has 258 valence electrons. The fourth-order valence-corrected chi connectivity index (χ4v) is 10.2. The molecule has 4 nitrogen and oxygen atoms in total. The Bertz CT molecular complexity index is 3590. The molecular formula is C51H33N3O. The lowest BCUT2D eigenvalue weighted by Crippen LogP contribution is -2.15. The predicted molar refractivity (Wildman–Crippen MR) is 229 cm³/mol. The third kappa shape index (κ3) is 3.66. The molecule has 0 atom stereocenters. The molecule has 1 aliphatic rings. The van der Waals surface area contributed by atoms with Gasteiger partial charge in [0.25, 0.3) is 0 Å². The van der Waals surface area contributed by atoms with E-state index in [1.54, 1.807) is 0 Å². The number of fused-ring (bicyclic) bond motifs is 15. The molecule has 13 rings (SSSR count). The molecule has 0 bridgehead atoms. The standard InChI is InChI=1S/C51H33N3O/c1-51(2)41-15-7-3-11-33(41)40-27-30(20-25-42(40)51)52(32-19-22-37-36-14-6-10-18-47(36)55-48(37)29-32)31-21-26-45-46(28-31)54-44-17-9-5-13-35(44)39-24-23-38-34-12-4-8-16-43(34)53(45)49(38)50(39)54/h3-29H,1-2H3. The number of hydrogen-bond acceptors (Lipinski definition) is 2. The number of furan rings is 1. The first kappa shape index (κ1) is 29.4. The number of anilines is 3. The van der Waals surface area contributed by atoms with Gasteiger partial charge in [-0.1, -0.05) is 111 Å². The molecule has 4 aromatic heterocycles. The van der Waals surface area contributed by atoms with Gasteiger partial charge in [0.05, 0.1) is 33.1 Å². The molecule has 0 aliphatic heterocycles. The molecule has 4 heteroatoms. The zero-order chi connectivity index (χ0) is 36.2. The van der Waals surface area contributed by atoms with Gasteiger partial charge in [-0.2, -0.15) is 0 Å². The van der Waals surface area contributed by atoms with Crippen LogP contribution in [-0.4, -0.2) is 8.80 Å². The van der Waals surface area contributed by atoms with Gasteiger partial charge >= 0.3 is 0 Å². The number of para-hydroxylation sites is 3. The van der Waals surface area contributed by atoms with Crippen molar-refractivity contribution in [1.82, 2.24) is 8.80 Å². The van der Waals surface area contributed by atoms with Crippen LogP contribution in [0, 0.1) is 0 Å². The summed E-state index contributed by atoms with van der Waals surface area (Å²) in [5.41, 5.74) is 17.6. The summed E-state index contributed by atoms with van der Waals surface area (Å²) < 4.78 is 11.5. The fourth-order valence-electron chi connectivity index (χ4n) is 10.2. The predicted octanol–water partition coefficient (Wildman–Crippen LogP) is 13.9. The normalized spacial score (nSPS) is 13.8. The van der Waals surface area contributed by atoms with Gasteiger partial charge in [0.15, 0.2) is 0 Å². The highest BCUT2D eigenvalue weighted by molar-refractivity contribution is 6.25. The molecule has 0 radical (unpaired) electrons. The Morgan fingerprint density at radius 2 is 0.945 bits per heavy atom. The number of nitrogens with zero attached hydrogens (tertiary/aromatic N) is 3. The largest absolute Gasteiger partial charge is 0.456 e. The minimum atomic E-state index is -0.0760. The third-order valence-electron chi connectivity index (χ3n) is 12.6. The van der Waals surface area contributed by atoms with E-state index in [1.807, 2.05) is 6.07 Å². The van der Waals surface area contributed by atoms with Gasteiger partial charge in [-0.15, -0.1) is 0 Å². The summed E-state index contributed by atoms with van der Waals surface area (Å²) in [5, 5.41) is 7.35. The van der Waals surface area contributed by atoms with E-state index in [0.717, 1.165) is 44.5 Å².